The molecule has 3 aromatic rings. The molecule has 2 aromatic carbocycles. The third kappa shape index (κ3) is 2.56. The van der Waals surface area contributed by atoms with Gasteiger partial charge < -0.3 is 14.9 Å². The number of furan rings is 1. The van der Waals surface area contributed by atoms with Crippen molar-refractivity contribution in [2.75, 3.05) is 12.4 Å². The maximum Gasteiger partial charge on any atom is 0.411 e. The first-order valence-corrected chi connectivity index (χ1v) is 7.68. The summed E-state index contributed by atoms with van der Waals surface area (Å²) < 4.78 is 10.5. The van der Waals surface area contributed by atoms with E-state index in [1.807, 2.05) is 37.3 Å². The van der Waals surface area contributed by atoms with Crippen LogP contribution in [-0.4, -0.2) is 19.1 Å². The van der Waals surface area contributed by atoms with Gasteiger partial charge in [-0.3, -0.25) is 10.1 Å². The van der Waals surface area contributed by atoms with E-state index in [1.165, 1.54) is 7.11 Å². The first kappa shape index (κ1) is 15.9. The molecule has 3 rings (SSSR count). The Hall–Kier alpha value is -3.02. The van der Waals surface area contributed by atoms with Crippen LogP contribution in [0.1, 0.15) is 29.3 Å². The van der Waals surface area contributed by atoms with Crippen molar-refractivity contribution >= 4 is 39.6 Å². The van der Waals surface area contributed by atoms with Gasteiger partial charge >= 0.3 is 6.09 Å². The number of hydrogen-bond acceptors (Lipinski definition) is 4. The van der Waals surface area contributed by atoms with E-state index in [4.69, 9.17) is 10.2 Å². The van der Waals surface area contributed by atoms with Crippen molar-refractivity contribution in [1.29, 1.82) is 0 Å². The van der Waals surface area contributed by atoms with E-state index in [1.54, 1.807) is 0 Å². The number of amides is 2. The lowest BCUT2D eigenvalue weighted by Crippen LogP contribution is -2.20. The number of ether oxygens (including phenoxy) is 1. The van der Waals surface area contributed by atoms with Crippen molar-refractivity contribution < 1.29 is 18.7 Å². The number of rotatable bonds is 4. The van der Waals surface area contributed by atoms with Gasteiger partial charge in [0.05, 0.1) is 18.4 Å². The van der Waals surface area contributed by atoms with E-state index in [0.29, 0.717) is 28.7 Å². The van der Waals surface area contributed by atoms with Crippen molar-refractivity contribution in [3.8, 4) is 0 Å². The number of nitrogens with one attached hydrogen (secondary N) is 1. The third-order valence-electron chi connectivity index (χ3n) is 3.93. The zero-order valence-electron chi connectivity index (χ0n) is 13.5. The number of fused-ring (bicyclic) bond motifs is 3. The Kier molecular flexibility index (Phi) is 4.12. The molecular formula is C18H18N2O4. The lowest BCUT2D eigenvalue weighted by atomic mass is 9.97. The van der Waals surface area contributed by atoms with E-state index in [2.05, 4.69) is 10.1 Å². The lowest BCUT2D eigenvalue weighted by molar-refractivity contribution is 0.100. The standard InChI is InChI=1S/C18H18N2O4/c1-3-6-10-9-13-14(11-7-4-5-8-12(11)24-13)15(17(19)21)16(10)20-18(22)23-2/h4-5,7-9H,3,6H2,1-2H3,(H2,19,21)(H,20,22). The molecule has 0 atom stereocenters. The average Bonchev–Trinajstić information content (AvgIpc) is 2.92. The molecule has 124 valence electrons. The Morgan fingerprint density at radius 3 is 2.67 bits per heavy atom. The molecule has 6 nitrogen and oxygen atoms in total. The maximum absolute atomic E-state index is 12.2. The number of benzene rings is 2. The van der Waals surface area contributed by atoms with Crippen LogP contribution in [0.2, 0.25) is 0 Å². The van der Waals surface area contributed by atoms with Gasteiger partial charge in [0.2, 0.25) is 0 Å². The summed E-state index contributed by atoms with van der Waals surface area (Å²) in [5.41, 5.74) is 8.28. The van der Waals surface area contributed by atoms with Crippen LogP contribution in [0.5, 0.6) is 0 Å². The molecule has 3 N–H and O–H groups in total. The van der Waals surface area contributed by atoms with Crippen LogP contribution in [-0.2, 0) is 11.2 Å². The molecule has 1 aromatic heterocycles. The Morgan fingerprint density at radius 2 is 2.00 bits per heavy atom. The highest BCUT2D eigenvalue weighted by atomic mass is 16.5. The van der Waals surface area contributed by atoms with Gasteiger partial charge in [-0.25, -0.2) is 4.79 Å². The number of para-hydroxylation sites is 1. The molecule has 0 saturated carbocycles. The van der Waals surface area contributed by atoms with E-state index in [-0.39, 0.29) is 5.56 Å². The van der Waals surface area contributed by atoms with Crippen molar-refractivity contribution in [2.24, 2.45) is 5.73 Å². The SMILES string of the molecule is CCCc1cc2oc3ccccc3c2c(C(N)=O)c1NC(=O)OC. The van der Waals surface area contributed by atoms with E-state index < -0.39 is 12.0 Å². The number of anilines is 1. The molecule has 0 radical (unpaired) electrons. The van der Waals surface area contributed by atoms with Gasteiger partial charge in [0, 0.05) is 10.8 Å². The molecule has 0 aliphatic heterocycles. The fourth-order valence-corrected chi connectivity index (χ4v) is 2.95. The number of hydrogen-bond donors (Lipinski definition) is 2. The zero-order valence-corrected chi connectivity index (χ0v) is 13.5. The Labute approximate surface area is 138 Å². The van der Waals surface area contributed by atoms with Crippen LogP contribution in [0.3, 0.4) is 0 Å². The topological polar surface area (TPSA) is 94.6 Å². The Bertz CT molecular complexity index is 943. The number of carbonyl (C=O) groups is 2. The van der Waals surface area contributed by atoms with Crippen molar-refractivity contribution in [3.63, 3.8) is 0 Å². The zero-order chi connectivity index (χ0) is 17.3. The summed E-state index contributed by atoms with van der Waals surface area (Å²) in [5.74, 6) is -0.629. The molecule has 0 fully saturated rings. The molecule has 6 heteroatoms. The average molecular weight is 326 g/mol. The number of primary amides is 1. The van der Waals surface area contributed by atoms with Crippen LogP contribution >= 0.6 is 0 Å². The minimum absolute atomic E-state index is 0.242. The number of nitrogens with two attached hydrogens (primary N) is 1. The second-order valence-corrected chi connectivity index (χ2v) is 5.49. The quantitative estimate of drug-likeness (QED) is 0.762. The molecule has 1 heterocycles. The lowest BCUT2D eigenvalue weighted by Gasteiger charge is -2.14. The van der Waals surface area contributed by atoms with E-state index in [0.717, 1.165) is 17.4 Å². The number of carbonyl (C=O) groups excluding carboxylic acids is 2. The summed E-state index contributed by atoms with van der Waals surface area (Å²) >= 11 is 0. The highest BCUT2D eigenvalue weighted by molar-refractivity contribution is 6.20. The van der Waals surface area contributed by atoms with Crippen LogP contribution < -0.4 is 11.1 Å². The Morgan fingerprint density at radius 1 is 1.25 bits per heavy atom. The van der Waals surface area contributed by atoms with Crippen molar-refractivity contribution in [3.05, 3.63) is 41.5 Å². The van der Waals surface area contributed by atoms with Gasteiger partial charge in [-0.05, 0) is 24.1 Å². The molecule has 24 heavy (non-hydrogen) atoms. The molecule has 0 aliphatic carbocycles. The highest BCUT2D eigenvalue weighted by Crippen LogP contribution is 2.37. The van der Waals surface area contributed by atoms with Gasteiger partial charge in [0.15, 0.2) is 0 Å². The van der Waals surface area contributed by atoms with Crippen LogP contribution in [0.15, 0.2) is 34.7 Å². The second kappa shape index (κ2) is 6.23. The summed E-state index contributed by atoms with van der Waals surface area (Å²) in [5, 5.41) is 4.01. The fourth-order valence-electron chi connectivity index (χ4n) is 2.95. The summed E-state index contributed by atoms with van der Waals surface area (Å²) in [4.78, 5) is 23.9. The van der Waals surface area contributed by atoms with Crippen LogP contribution in [0, 0.1) is 0 Å². The summed E-state index contributed by atoms with van der Waals surface area (Å²) in [6, 6.07) is 9.24. The number of methoxy groups -OCH3 is 1. The first-order chi connectivity index (χ1) is 11.6. The van der Waals surface area contributed by atoms with Gasteiger partial charge in [-0.1, -0.05) is 31.5 Å². The van der Waals surface area contributed by atoms with Crippen LogP contribution in [0.25, 0.3) is 21.9 Å². The number of aryl methyl sites for hydroxylation is 1. The normalized spacial score (nSPS) is 10.9. The Balaban J connectivity index is 2.41. The molecule has 0 unspecified atom stereocenters. The molecule has 0 spiro atoms. The molecular weight excluding hydrogens is 308 g/mol. The summed E-state index contributed by atoms with van der Waals surface area (Å²) in [6.45, 7) is 2.01. The minimum atomic E-state index is -0.651. The largest absolute Gasteiger partial charge is 0.456 e. The predicted molar refractivity (Wildman–Crippen MR) is 92.3 cm³/mol. The molecule has 2 amide bonds. The molecule has 0 saturated heterocycles. The maximum atomic E-state index is 12.2. The van der Waals surface area contributed by atoms with Gasteiger partial charge in [0.1, 0.15) is 11.2 Å². The van der Waals surface area contributed by atoms with Gasteiger partial charge in [0.25, 0.3) is 5.91 Å². The predicted octanol–water partition coefficient (Wildman–Crippen LogP) is 3.82. The van der Waals surface area contributed by atoms with E-state index in [9.17, 15) is 9.59 Å². The fraction of sp³-hybridized carbons (Fsp3) is 0.222. The molecule has 0 aliphatic rings. The smallest absolute Gasteiger partial charge is 0.411 e. The van der Waals surface area contributed by atoms with E-state index >= 15 is 0 Å². The third-order valence-corrected chi connectivity index (χ3v) is 3.93. The van der Waals surface area contributed by atoms with Crippen molar-refractivity contribution in [2.45, 2.75) is 19.8 Å². The summed E-state index contributed by atoms with van der Waals surface area (Å²) in [7, 11) is 1.27. The van der Waals surface area contributed by atoms with Crippen LogP contribution in [0.4, 0.5) is 10.5 Å². The second-order valence-electron chi connectivity index (χ2n) is 5.49. The van der Waals surface area contributed by atoms with Gasteiger partial charge in [-0.2, -0.15) is 0 Å². The minimum Gasteiger partial charge on any atom is -0.456 e. The first-order valence-electron chi connectivity index (χ1n) is 7.68. The van der Waals surface area contributed by atoms with Crippen molar-refractivity contribution in [1.82, 2.24) is 0 Å². The van der Waals surface area contributed by atoms with Gasteiger partial charge in [-0.15, -0.1) is 0 Å². The highest BCUT2D eigenvalue weighted by Gasteiger charge is 2.23. The monoisotopic (exact) mass is 326 g/mol. The molecule has 0 bridgehead atoms. The summed E-state index contributed by atoms with van der Waals surface area (Å²) in [6.07, 6.45) is 0.842.